The monoisotopic (exact) mass is 266 g/mol. The maximum Gasteiger partial charge on any atom is 0.161 e. The smallest absolute Gasteiger partial charge is 0.161 e. The van der Waals surface area contributed by atoms with Crippen LogP contribution in [0.2, 0.25) is 0 Å². The predicted molar refractivity (Wildman–Crippen MR) is 74.0 cm³/mol. The van der Waals surface area contributed by atoms with Gasteiger partial charge in [-0.15, -0.1) is 0 Å². The van der Waals surface area contributed by atoms with Crippen molar-refractivity contribution in [2.45, 2.75) is 32.6 Å². The minimum Gasteiger partial charge on any atom is -0.493 e. The van der Waals surface area contributed by atoms with E-state index in [1.165, 1.54) is 0 Å². The Morgan fingerprint density at radius 2 is 1.84 bits per heavy atom. The molecular formula is C15H22O4. The summed E-state index contributed by atoms with van der Waals surface area (Å²) in [5.74, 6) is 1.19. The summed E-state index contributed by atoms with van der Waals surface area (Å²) >= 11 is 0. The first-order chi connectivity index (χ1) is 9.04. The summed E-state index contributed by atoms with van der Waals surface area (Å²) in [4.78, 5) is 11.6. The van der Waals surface area contributed by atoms with Crippen molar-refractivity contribution in [3.8, 4) is 11.5 Å². The maximum atomic E-state index is 11.6. The first-order valence-electron chi connectivity index (χ1n) is 6.41. The first kappa shape index (κ1) is 15.5. The van der Waals surface area contributed by atoms with Crippen LogP contribution in [0, 0.1) is 0 Å². The summed E-state index contributed by atoms with van der Waals surface area (Å²) in [6.45, 7) is 3.59. The summed E-state index contributed by atoms with van der Waals surface area (Å²) < 4.78 is 10.6. The number of benzene rings is 1. The van der Waals surface area contributed by atoms with E-state index in [1.807, 2.05) is 19.1 Å². The van der Waals surface area contributed by atoms with Crippen molar-refractivity contribution in [3.05, 3.63) is 23.3 Å². The van der Waals surface area contributed by atoms with Gasteiger partial charge < -0.3 is 14.6 Å². The Kier molecular flexibility index (Phi) is 5.83. The lowest BCUT2D eigenvalue weighted by Gasteiger charge is -2.18. The Morgan fingerprint density at radius 1 is 1.26 bits per heavy atom. The number of aryl methyl sites for hydroxylation is 1. The largest absolute Gasteiger partial charge is 0.493 e. The second-order valence-electron chi connectivity index (χ2n) is 4.57. The standard InChI is InChI=1S/C15H22O4/c1-10(11(2)17)13-9-15(19-4)14(18-3)8-12(13)6-5-7-16/h8-10,16H,5-7H2,1-4H3/t10-/m1/s1. The number of Topliss-reactive ketones (excluding diaryl/α,β-unsaturated/α-hetero) is 1. The number of hydrogen-bond donors (Lipinski definition) is 1. The summed E-state index contributed by atoms with van der Waals surface area (Å²) in [7, 11) is 3.16. The summed E-state index contributed by atoms with van der Waals surface area (Å²) in [6.07, 6.45) is 1.37. The van der Waals surface area contributed by atoms with Crippen LogP contribution in [-0.4, -0.2) is 31.7 Å². The highest BCUT2D eigenvalue weighted by Gasteiger charge is 2.18. The van der Waals surface area contributed by atoms with E-state index in [1.54, 1.807) is 21.1 Å². The van der Waals surface area contributed by atoms with Gasteiger partial charge in [-0.2, -0.15) is 0 Å². The normalized spacial score (nSPS) is 12.1. The maximum absolute atomic E-state index is 11.6. The average molecular weight is 266 g/mol. The third-order valence-corrected chi connectivity index (χ3v) is 3.33. The Hall–Kier alpha value is -1.55. The topological polar surface area (TPSA) is 55.8 Å². The van der Waals surface area contributed by atoms with E-state index in [9.17, 15) is 4.79 Å². The summed E-state index contributed by atoms with van der Waals surface area (Å²) in [5.41, 5.74) is 1.97. The minimum atomic E-state index is -0.187. The van der Waals surface area contributed by atoms with Crippen LogP contribution < -0.4 is 9.47 Å². The molecule has 1 atom stereocenters. The van der Waals surface area contributed by atoms with Crippen LogP contribution in [0.3, 0.4) is 0 Å². The molecule has 1 N–H and O–H groups in total. The Balaban J connectivity index is 3.26. The first-order valence-corrected chi connectivity index (χ1v) is 6.41. The Bertz CT molecular complexity index is 440. The second-order valence-corrected chi connectivity index (χ2v) is 4.57. The molecule has 0 aliphatic rings. The van der Waals surface area contributed by atoms with Gasteiger partial charge in [0.05, 0.1) is 14.2 Å². The fourth-order valence-electron chi connectivity index (χ4n) is 2.04. The lowest BCUT2D eigenvalue weighted by molar-refractivity contribution is -0.118. The molecule has 0 heterocycles. The van der Waals surface area contributed by atoms with E-state index in [0.29, 0.717) is 24.3 Å². The van der Waals surface area contributed by atoms with E-state index in [0.717, 1.165) is 11.1 Å². The number of hydrogen-bond acceptors (Lipinski definition) is 4. The van der Waals surface area contributed by atoms with Crippen molar-refractivity contribution in [1.82, 2.24) is 0 Å². The van der Waals surface area contributed by atoms with E-state index in [2.05, 4.69) is 0 Å². The zero-order chi connectivity index (χ0) is 14.4. The van der Waals surface area contributed by atoms with Gasteiger partial charge in [-0.3, -0.25) is 4.79 Å². The lowest BCUT2D eigenvalue weighted by Crippen LogP contribution is -2.09. The molecule has 0 saturated heterocycles. The second kappa shape index (κ2) is 7.14. The summed E-state index contributed by atoms with van der Waals surface area (Å²) in [6, 6.07) is 3.75. The van der Waals surface area contributed by atoms with Gasteiger partial charge in [0.15, 0.2) is 11.5 Å². The molecule has 106 valence electrons. The molecule has 1 rings (SSSR count). The number of aliphatic hydroxyl groups excluding tert-OH is 1. The molecular weight excluding hydrogens is 244 g/mol. The molecule has 0 bridgehead atoms. The minimum absolute atomic E-state index is 0.109. The third kappa shape index (κ3) is 3.70. The number of carbonyl (C=O) groups is 1. The van der Waals surface area contributed by atoms with Crippen molar-refractivity contribution >= 4 is 5.78 Å². The molecule has 1 aromatic rings. The van der Waals surface area contributed by atoms with Gasteiger partial charge in [0, 0.05) is 12.5 Å². The van der Waals surface area contributed by atoms with Crippen molar-refractivity contribution in [1.29, 1.82) is 0 Å². The highest BCUT2D eigenvalue weighted by molar-refractivity contribution is 5.83. The number of aliphatic hydroxyl groups is 1. The van der Waals surface area contributed by atoms with Crippen LogP contribution in [0.15, 0.2) is 12.1 Å². The van der Waals surface area contributed by atoms with Crippen LogP contribution in [0.4, 0.5) is 0 Å². The van der Waals surface area contributed by atoms with E-state index in [-0.39, 0.29) is 18.3 Å². The molecule has 0 saturated carbocycles. The molecule has 0 spiro atoms. The van der Waals surface area contributed by atoms with Gasteiger partial charge in [-0.25, -0.2) is 0 Å². The number of carbonyl (C=O) groups excluding carboxylic acids is 1. The van der Waals surface area contributed by atoms with E-state index >= 15 is 0 Å². The highest BCUT2D eigenvalue weighted by Crippen LogP contribution is 2.34. The predicted octanol–water partition coefficient (Wildman–Crippen LogP) is 2.32. The van der Waals surface area contributed by atoms with E-state index in [4.69, 9.17) is 14.6 Å². The fraction of sp³-hybridized carbons (Fsp3) is 0.533. The Labute approximate surface area is 114 Å². The number of methoxy groups -OCH3 is 2. The molecule has 19 heavy (non-hydrogen) atoms. The zero-order valence-electron chi connectivity index (χ0n) is 12.0. The van der Waals surface area contributed by atoms with Crippen LogP contribution in [0.5, 0.6) is 11.5 Å². The molecule has 0 unspecified atom stereocenters. The lowest BCUT2D eigenvalue weighted by atomic mass is 9.90. The van der Waals surface area contributed by atoms with Crippen molar-refractivity contribution in [2.75, 3.05) is 20.8 Å². The zero-order valence-corrected chi connectivity index (χ0v) is 12.0. The molecule has 4 heteroatoms. The van der Waals surface area contributed by atoms with Gasteiger partial charge in [0.2, 0.25) is 0 Å². The highest BCUT2D eigenvalue weighted by atomic mass is 16.5. The average Bonchev–Trinajstić information content (AvgIpc) is 2.43. The SMILES string of the molecule is COc1cc(CCCO)c([C@H](C)C(C)=O)cc1OC. The van der Waals surface area contributed by atoms with Gasteiger partial charge in [0.25, 0.3) is 0 Å². The van der Waals surface area contributed by atoms with Crippen LogP contribution in [-0.2, 0) is 11.2 Å². The van der Waals surface area contributed by atoms with Crippen LogP contribution >= 0.6 is 0 Å². The fourth-order valence-corrected chi connectivity index (χ4v) is 2.04. The van der Waals surface area contributed by atoms with Crippen molar-refractivity contribution < 1.29 is 19.4 Å². The van der Waals surface area contributed by atoms with Gasteiger partial charge in [-0.1, -0.05) is 6.92 Å². The molecule has 0 aliphatic heterocycles. The molecule has 0 aromatic heterocycles. The van der Waals surface area contributed by atoms with Crippen molar-refractivity contribution in [3.63, 3.8) is 0 Å². The van der Waals surface area contributed by atoms with Crippen LogP contribution in [0.1, 0.15) is 37.3 Å². The molecule has 0 fully saturated rings. The number of rotatable bonds is 7. The van der Waals surface area contributed by atoms with Gasteiger partial charge in [0.1, 0.15) is 5.78 Å². The number of ether oxygens (including phenoxy) is 2. The number of ketones is 1. The molecule has 0 aliphatic carbocycles. The van der Waals surface area contributed by atoms with Gasteiger partial charge >= 0.3 is 0 Å². The Morgan fingerprint density at radius 3 is 2.32 bits per heavy atom. The third-order valence-electron chi connectivity index (χ3n) is 3.33. The van der Waals surface area contributed by atoms with E-state index < -0.39 is 0 Å². The molecule has 4 nitrogen and oxygen atoms in total. The molecule has 0 radical (unpaired) electrons. The van der Waals surface area contributed by atoms with Crippen molar-refractivity contribution in [2.24, 2.45) is 0 Å². The molecule has 0 amide bonds. The van der Waals surface area contributed by atoms with Crippen LogP contribution in [0.25, 0.3) is 0 Å². The van der Waals surface area contributed by atoms with Gasteiger partial charge in [-0.05, 0) is 43.0 Å². The summed E-state index contributed by atoms with van der Waals surface area (Å²) in [5, 5.41) is 8.97. The molecule has 1 aromatic carbocycles. The quantitative estimate of drug-likeness (QED) is 0.823.